The normalized spacial score (nSPS) is 15.3. The van der Waals surface area contributed by atoms with Crippen molar-refractivity contribution < 1.29 is 9.72 Å². The van der Waals surface area contributed by atoms with Gasteiger partial charge >= 0.3 is 0 Å². The average molecular weight is 423 g/mol. The zero-order chi connectivity index (χ0) is 22.2. The molecule has 6 nitrogen and oxygen atoms in total. The molecule has 32 heavy (non-hydrogen) atoms. The fourth-order valence-electron chi connectivity index (χ4n) is 4.56. The minimum atomic E-state index is -0.846. The maximum absolute atomic E-state index is 13.9. The molecular weight excluding hydrogens is 402 g/mol. The number of carbonyl (C=O) groups excluding carboxylic acids is 1. The Morgan fingerprint density at radius 2 is 1.56 bits per heavy atom. The first-order valence-electron chi connectivity index (χ1n) is 10.5. The van der Waals surface area contributed by atoms with Crippen LogP contribution in [0.15, 0.2) is 90.6 Å². The summed E-state index contributed by atoms with van der Waals surface area (Å²) in [5, 5.41) is 13.1. The number of aryl methyl sites for hydroxylation is 1. The SMILES string of the molecule is CCn1c2c(c3ccccc31)C=C([N+](=O)[O-])C(c1ccccc1)N2C(=O)c1ccccc1. The molecular formula is C26H21N3O3. The van der Waals surface area contributed by atoms with Crippen LogP contribution < -0.4 is 4.90 Å². The lowest BCUT2D eigenvalue weighted by Crippen LogP contribution is -2.40. The third-order valence-corrected chi connectivity index (χ3v) is 5.92. The number of nitrogens with zero attached hydrogens (tertiary/aromatic N) is 3. The summed E-state index contributed by atoms with van der Waals surface area (Å²) in [4.78, 5) is 27.4. The molecule has 0 saturated carbocycles. The number of benzene rings is 3. The van der Waals surface area contributed by atoms with Crippen LogP contribution in [0.2, 0.25) is 0 Å². The van der Waals surface area contributed by atoms with E-state index in [2.05, 4.69) is 4.57 Å². The highest BCUT2D eigenvalue weighted by Gasteiger charge is 2.43. The Balaban J connectivity index is 1.86. The summed E-state index contributed by atoms with van der Waals surface area (Å²) in [6.07, 6.45) is 1.64. The van der Waals surface area contributed by atoms with Gasteiger partial charge in [-0.15, -0.1) is 0 Å². The number of aromatic nitrogens is 1. The van der Waals surface area contributed by atoms with Gasteiger partial charge in [0.25, 0.3) is 11.6 Å². The van der Waals surface area contributed by atoms with Gasteiger partial charge in [0.1, 0.15) is 5.82 Å². The van der Waals surface area contributed by atoms with Crippen LogP contribution in [0.1, 0.15) is 34.5 Å². The van der Waals surface area contributed by atoms with E-state index in [-0.39, 0.29) is 16.5 Å². The number of para-hydroxylation sites is 1. The zero-order valence-corrected chi connectivity index (χ0v) is 17.5. The van der Waals surface area contributed by atoms with Crippen molar-refractivity contribution in [2.75, 3.05) is 4.90 Å². The number of rotatable bonds is 4. The second kappa shape index (κ2) is 7.81. The van der Waals surface area contributed by atoms with E-state index in [9.17, 15) is 14.9 Å². The summed E-state index contributed by atoms with van der Waals surface area (Å²) in [5.41, 5.74) is 2.80. The minimum absolute atomic E-state index is 0.0213. The summed E-state index contributed by atoms with van der Waals surface area (Å²) in [6, 6.07) is 25.1. The van der Waals surface area contributed by atoms with Gasteiger partial charge in [-0.05, 0) is 30.7 Å². The number of nitro groups is 1. The zero-order valence-electron chi connectivity index (χ0n) is 17.5. The Morgan fingerprint density at radius 1 is 0.938 bits per heavy atom. The minimum Gasteiger partial charge on any atom is -0.327 e. The van der Waals surface area contributed by atoms with Crippen LogP contribution in [0.3, 0.4) is 0 Å². The lowest BCUT2D eigenvalue weighted by molar-refractivity contribution is -0.428. The predicted molar refractivity (Wildman–Crippen MR) is 125 cm³/mol. The molecule has 158 valence electrons. The highest BCUT2D eigenvalue weighted by atomic mass is 16.6. The molecule has 0 aliphatic carbocycles. The molecule has 4 aromatic rings. The summed E-state index contributed by atoms with van der Waals surface area (Å²) in [6.45, 7) is 2.64. The third kappa shape index (κ3) is 3.00. The number of anilines is 1. The van der Waals surface area contributed by atoms with Gasteiger partial charge in [-0.2, -0.15) is 0 Å². The van der Waals surface area contributed by atoms with E-state index in [1.165, 1.54) is 0 Å². The summed E-state index contributed by atoms with van der Waals surface area (Å²) in [5.74, 6) is 0.410. The van der Waals surface area contributed by atoms with Crippen LogP contribution in [0, 0.1) is 10.1 Å². The maximum Gasteiger partial charge on any atom is 0.274 e. The molecule has 1 atom stereocenters. The molecule has 0 spiro atoms. The van der Waals surface area contributed by atoms with Crippen molar-refractivity contribution >= 4 is 28.7 Å². The van der Waals surface area contributed by atoms with Crippen molar-refractivity contribution in [3.8, 4) is 0 Å². The number of hydrogen-bond acceptors (Lipinski definition) is 3. The van der Waals surface area contributed by atoms with E-state index in [0.29, 0.717) is 29.1 Å². The first kappa shape index (κ1) is 19.8. The van der Waals surface area contributed by atoms with E-state index in [1.54, 1.807) is 35.2 Å². The van der Waals surface area contributed by atoms with Crippen LogP contribution in [-0.2, 0) is 6.54 Å². The van der Waals surface area contributed by atoms with Gasteiger partial charge in [-0.1, -0.05) is 66.7 Å². The Morgan fingerprint density at radius 3 is 2.22 bits per heavy atom. The Hall–Kier alpha value is -4.19. The summed E-state index contributed by atoms with van der Waals surface area (Å²) in [7, 11) is 0. The Kier molecular flexibility index (Phi) is 4.82. The standard InChI is InChI=1S/C26H21N3O3/c1-2-27-22-16-10-9-15-20(22)21-17-23(29(31)32)24(18-11-5-3-6-12-18)28(25(21)27)26(30)19-13-7-4-8-14-19/h3-17,24H,2H2,1H3. The van der Waals surface area contributed by atoms with Crippen LogP contribution in [0.4, 0.5) is 5.82 Å². The van der Waals surface area contributed by atoms with E-state index in [4.69, 9.17) is 0 Å². The number of fused-ring (bicyclic) bond motifs is 3. The van der Waals surface area contributed by atoms with Gasteiger partial charge in [-0.3, -0.25) is 19.8 Å². The van der Waals surface area contributed by atoms with Crippen molar-refractivity contribution in [2.24, 2.45) is 0 Å². The lowest BCUT2D eigenvalue weighted by Gasteiger charge is -2.34. The van der Waals surface area contributed by atoms with E-state index in [1.807, 2.05) is 67.6 Å². The number of carbonyl (C=O) groups is 1. The van der Waals surface area contributed by atoms with Crippen molar-refractivity contribution in [3.05, 3.63) is 117 Å². The first-order chi connectivity index (χ1) is 15.6. The van der Waals surface area contributed by atoms with Gasteiger partial charge in [-0.25, -0.2) is 0 Å². The van der Waals surface area contributed by atoms with Crippen molar-refractivity contribution in [1.82, 2.24) is 4.57 Å². The smallest absolute Gasteiger partial charge is 0.274 e. The molecule has 0 N–H and O–H groups in total. The van der Waals surface area contributed by atoms with Gasteiger partial charge in [0.05, 0.1) is 10.4 Å². The highest BCUT2D eigenvalue weighted by molar-refractivity contribution is 6.11. The molecule has 1 amide bonds. The molecule has 2 heterocycles. The molecule has 1 unspecified atom stereocenters. The van der Waals surface area contributed by atoms with Crippen molar-refractivity contribution in [3.63, 3.8) is 0 Å². The molecule has 0 radical (unpaired) electrons. The summed E-state index contributed by atoms with van der Waals surface area (Å²) >= 11 is 0. The van der Waals surface area contributed by atoms with Gasteiger partial charge < -0.3 is 4.57 Å². The van der Waals surface area contributed by atoms with Crippen LogP contribution in [-0.4, -0.2) is 15.4 Å². The second-order valence-electron chi connectivity index (χ2n) is 7.68. The predicted octanol–water partition coefficient (Wildman–Crippen LogP) is 5.68. The van der Waals surface area contributed by atoms with Gasteiger partial charge in [0.15, 0.2) is 6.04 Å². The van der Waals surface area contributed by atoms with Crippen LogP contribution >= 0.6 is 0 Å². The topological polar surface area (TPSA) is 68.4 Å². The fourth-order valence-corrected chi connectivity index (χ4v) is 4.56. The van der Waals surface area contributed by atoms with Crippen molar-refractivity contribution in [2.45, 2.75) is 19.5 Å². The number of amides is 1. The number of hydrogen-bond donors (Lipinski definition) is 0. The molecule has 5 rings (SSSR count). The average Bonchev–Trinajstić information content (AvgIpc) is 3.17. The molecule has 1 aromatic heterocycles. The monoisotopic (exact) mass is 423 g/mol. The third-order valence-electron chi connectivity index (χ3n) is 5.92. The maximum atomic E-state index is 13.9. The first-order valence-corrected chi connectivity index (χ1v) is 10.5. The Bertz CT molecular complexity index is 1360. The largest absolute Gasteiger partial charge is 0.327 e. The second-order valence-corrected chi connectivity index (χ2v) is 7.68. The quantitative estimate of drug-likeness (QED) is 0.313. The fraction of sp³-hybridized carbons (Fsp3) is 0.115. The molecule has 0 bridgehead atoms. The lowest BCUT2D eigenvalue weighted by atomic mass is 9.95. The summed E-state index contributed by atoms with van der Waals surface area (Å²) < 4.78 is 2.06. The van der Waals surface area contributed by atoms with Crippen LogP contribution in [0.25, 0.3) is 17.0 Å². The molecule has 6 heteroatoms. The molecule has 0 fully saturated rings. The van der Waals surface area contributed by atoms with E-state index >= 15 is 0 Å². The molecule has 1 aliphatic rings. The highest BCUT2D eigenvalue weighted by Crippen LogP contribution is 2.46. The molecule has 3 aromatic carbocycles. The Labute approximate surface area is 185 Å². The van der Waals surface area contributed by atoms with Crippen LogP contribution in [0.5, 0.6) is 0 Å². The van der Waals surface area contributed by atoms with Gasteiger partial charge in [0, 0.05) is 29.1 Å². The van der Waals surface area contributed by atoms with Gasteiger partial charge in [0.2, 0.25) is 0 Å². The van der Waals surface area contributed by atoms with Crippen molar-refractivity contribution in [1.29, 1.82) is 0 Å². The van der Waals surface area contributed by atoms with E-state index in [0.717, 1.165) is 10.9 Å². The van der Waals surface area contributed by atoms with E-state index < -0.39 is 6.04 Å². The molecule has 1 aliphatic heterocycles. The molecule has 0 saturated heterocycles.